The molecule has 0 bridgehead atoms. The summed E-state index contributed by atoms with van der Waals surface area (Å²) in [6.45, 7) is 0. The second-order valence-electron chi connectivity index (χ2n) is 6.77. The highest BCUT2D eigenvalue weighted by atomic mass is 79.9. The highest BCUT2D eigenvalue weighted by Crippen LogP contribution is 2.14. The van der Waals surface area contributed by atoms with Crippen LogP contribution in [0.4, 0.5) is 11.6 Å². The molecular formula is C23H21Br2N3O2. The van der Waals surface area contributed by atoms with Crippen molar-refractivity contribution in [2.75, 3.05) is 10.6 Å². The van der Waals surface area contributed by atoms with Crippen LogP contribution in [0.15, 0.2) is 66.7 Å². The lowest BCUT2D eigenvalue weighted by Gasteiger charge is -2.09. The number of amides is 2. The lowest BCUT2D eigenvalue weighted by molar-refractivity contribution is -0.116. The van der Waals surface area contributed by atoms with Crippen molar-refractivity contribution < 1.29 is 9.59 Å². The summed E-state index contributed by atoms with van der Waals surface area (Å²) >= 11 is 6.84. The van der Waals surface area contributed by atoms with E-state index in [2.05, 4.69) is 47.5 Å². The van der Waals surface area contributed by atoms with Crippen LogP contribution in [0.5, 0.6) is 0 Å². The summed E-state index contributed by atoms with van der Waals surface area (Å²) in [7, 11) is 0. The molecule has 0 aliphatic carbocycles. The molecule has 2 amide bonds. The summed E-state index contributed by atoms with van der Waals surface area (Å²) in [4.78, 5) is 29.0. The van der Waals surface area contributed by atoms with E-state index in [-0.39, 0.29) is 24.7 Å². The van der Waals surface area contributed by atoms with E-state index in [4.69, 9.17) is 0 Å². The van der Waals surface area contributed by atoms with E-state index in [1.165, 1.54) is 0 Å². The molecule has 0 saturated carbocycles. The summed E-state index contributed by atoms with van der Waals surface area (Å²) < 4.78 is 0. The van der Waals surface area contributed by atoms with Gasteiger partial charge in [0.05, 0.1) is 12.8 Å². The number of aromatic nitrogens is 1. The number of nitrogens with zero attached hydrogens (tertiary/aromatic N) is 1. The fourth-order valence-corrected chi connectivity index (χ4v) is 3.66. The number of pyridine rings is 1. The van der Waals surface area contributed by atoms with E-state index >= 15 is 0 Å². The molecule has 2 aromatic carbocycles. The molecule has 2 N–H and O–H groups in total. The molecule has 1 aromatic heterocycles. The molecule has 0 unspecified atom stereocenters. The minimum Gasteiger partial charge on any atom is -0.310 e. The Morgan fingerprint density at radius 1 is 0.667 bits per heavy atom. The van der Waals surface area contributed by atoms with Crippen molar-refractivity contribution in [3.05, 3.63) is 89.0 Å². The van der Waals surface area contributed by atoms with Crippen LogP contribution in [-0.2, 0) is 33.1 Å². The maximum absolute atomic E-state index is 12.4. The van der Waals surface area contributed by atoms with Crippen molar-refractivity contribution in [2.24, 2.45) is 0 Å². The highest BCUT2D eigenvalue weighted by molar-refractivity contribution is 9.08. The number of nitrogens with one attached hydrogen (secondary N) is 2. The molecule has 5 nitrogen and oxygen atoms in total. The Balaban J connectivity index is 1.58. The van der Waals surface area contributed by atoms with Gasteiger partial charge in [-0.2, -0.15) is 0 Å². The SMILES string of the molecule is O=C(Cc1cccc(CBr)c1)Nc1cccc(NC(=O)Cc2cccc(CBr)c2)n1. The fourth-order valence-electron chi connectivity index (χ4n) is 2.96. The van der Waals surface area contributed by atoms with Gasteiger partial charge in [-0.25, -0.2) is 4.98 Å². The Kier molecular flexibility index (Phi) is 8.16. The fraction of sp³-hybridized carbons (Fsp3) is 0.174. The molecule has 0 aliphatic rings. The smallest absolute Gasteiger partial charge is 0.229 e. The quantitative estimate of drug-likeness (QED) is 0.391. The largest absolute Gasteiger partial charge is 0.310 e. The summed E-state index contributed by atoms with van der Waals surface area (Å²) in [5.41, 5.74) is 4.09. The minimum atomic E-state index is -0.163. The molecule has 0 saturated heterocycles. The second-order valence-corrected chi connectivity index (χ2v) is 7.89. The second kappa shape index (κ2) is 11.0. The van der Waals surface area contributed by atoms with Crippen molar-refractivity contribution in [3.8, 4) is 0 Å². The normalized spacial score (nSPS) is 10.5. The van der Waals surface area contributed by atoms with Gasteiger partial charge in [-0.1, -0.05) is 86.5 Å². The number of hydrogen-bond acceptors (Lipinski definition) is 3. The summed E-state index contributed by atoms with van der Waals surface area (Å²) in [5.74, 6) is 0.472. The maximum Gasteiger partial charge on any atom is 0.229 e. The zero-order chi connectivity index (χ0) is 21.3. The maximum atomic E-state index is 12.4. The predicted octanol–water partition coefficient (Wildman–Crippen LogP) is 5.23. The van der Waals surface area contributed by atoms with Gasteiger partial charge in [0.2, 0.25) is 11.8 Å². The molecular weight excluding hydrogens is 510 g/mol. The zero-order valence-corrected chi connectivity index (χ0v) is 19.4. The van der Waals surface area contributed by atoms with E-state index in [0.29, 0.717) is 11.6 Å². The number of rotatable bonds is 8. The van der Waals surface area contributed by atoms with Crippen LogP contribution in [0.3, 0.4) is 0 Å². The van der Waals surface area contributed by atoms with Crippen LogP contribution >= 0.6 is 31.9 Å². The molecule has 1 heterocycles. The van der Waals surface area contributed by atoms with Crippen molar-refractivity contribution >= 4 is 55.3 Å². The number of carbonyl (C=O) groups excluding carboxylic acids is 2. The van der Waals surface area contributed by atoms with Crippen LogP contribution < -0.4 is 10.6 Å². The summed E-state index contributed by atoms with van der Waals surface area (Å²) in [6, 6.07) is 20.8. The van der Waals surface area contributed by atoms with Gasteiger partial charge in [0.25, 0.3) is 0 Å². The van der Waals surface area contributed by atoms with Crippen molar-refractivity contribution in [2.45, 2.75) is 23.5 Å². The standard InChI is InChI=1S/C23H21Br2N3O2/c24-14-18-6-1-4-16(10-18)12-22(29)27-20-8-3-9-21(26-20)28-23(30)13-17-5-2-7-19(11-17)15-25/h1-11H,12-15H2,(H2,26,27,28,29,30). The predicted molar refractivity (Wildman–Crippen MR) is 127 cm³/mol. The first-order valence-electron chi connectivity index (χ1n) is 9.40. The van der Waals surface area contributed by atoms with Gasteiger partial charge in [-0.15, -0.1) is 0 Å². The molecule has 30 heavy (non-hydrogen) atoms. The van der Waals surface area contributed by atoms with E-state index in [0.717, 1.165) is 32.9 Å². The van der Waals surface area contributed by atoms with Crippen molar-refractivity contribution in [1.29, 1.82) is 0 Å². The lowest BCUT2D eigenvalue weighted by atomic mass is 10.1. The third-order valence-electron chi connectivity index (χ3n) is 4.30. The Morgan fingerprint density at radius 3 is 1.50 bits per heavy atom. The molecule has 3 rings (SSSR count). The molecule has 0 radical (unpaired) electrons. The van der Waals surface area contributed by atoms with Crippen LogP contribution in [0.2, 0.25) is 0 Å². The Morgan fingerprint density at radius 2 is 1.07 bits per heavy atom. The van der Waals surface area contributed by atoms with Crippen LogP contribution in [0.1, 0.15) is 22.3 Å². The van der Waals surface area contributed by atoms with Crippen LogP contribution in [0, 0.1) is 0 Å². The summed E-state index contributed by atoms with van der Waals surface area (Å²) in [5, 5.41) is 7.06. The highest BCUT2D eigenvalue weighted by Gasteiger charge is 2.09. The number of halogens is 2. The number of anilines is 2. The third kappa shape index (κ3) is 6.78. The topological polar surface area (TPSA) is 71.1 Å². The Bertz CT molecular complexity index is 961. The third-order valence-corrected chi connectivity index (χ3v) is 5.60. The average Bonchev–Trinajstić information content (AvgIpc) is 2.74. The van der Waals surface area contributed by atoms with Crippen molar-refractivity contribution in [3.63, 3.8) is 0 Å². The molecule has 0 fully saturated rings. The first-order valence-corrected chi connectivity index (χ1v) is 11.6. The first kappa shape index (κ1) is 22.2. The minimum absolute atomic E-state index is 0.163. The lowest BCUT2D eigenvalue weighted by Crippen LogP contribution is -2.18. The van der Waals surface area contributed by atoms with Crippen molar-refractivity contribution in [1.82, 2.24) is 4.98 Å². The summed E-state index contributed by atoms with van der Waals surface area (Å²) in [6.07, 6.45) is 0.506. The molecule has 0 atom stereocenters. The van der Waals surface area contributed by atoms with Gasteiger partial charge < -0.3 is 10.6 Å². The first-order chi connectivity index (χ1) is 14.6. The molecule has 0 aliphatic heterocycles. The Labute approximate surface area is 192 Å². The monoisotopic (exact) mass is 529 g/mol. The molecule has 0 spiro atoms. The van der Waals surface area contributed by atoms with Gasteiger partial charge in [0, 0.05) is 10.7 Å². The molecule has 3 aromatic rings. The van der Waals surface area contributed by atoms with Gasteiger partial charge >= 0.3 is 0 Å². The van der Waals surface area contributed by atoms with Crippen LogP contribution in [0.25, 0.3) is 0 Å². The van der Waals surface area contributed by atoms with Gasteiger partial charge in [-0.05, 0) is 34.4 Å². The van der Waals surface area contributed by atoms with Gasteiger partial charge in [-0.3, -0.25) is 9.59 Å². The zero-order valence-electron chi connectivity index (χ0n) is 16.2. The van der Waals surface area contributed by atoms with Crippen LogP contribution in [-0.4, -0.2) is 16.8 Å². The average molecular weight is 531 g/mol. The van der Waals surface area contributed by atoms with Gasteiger partial charge in [0.1, 0.15) is 11.6 Å². The van der Waals surface area contributed by atoms with E-state index in [9.17, 15) is 9.59 Å². The molecule has 7 heteroatoms. The van der Waals surface area contributed by atoms with E-state index in [1.807, 2.05) is 48.5 Å². The van der Waals surface area contributed by atoms with E-state index in [1.54, 1.807) is 18.2 Å². The van der Waals surface area contributed by atoms with E-state index < -0.39 is 0 Å². The number of benzene rings is 2. The number of hydrogen-bond donors (Lipinski definition) is 2. The number of carbonyl (C=O) groups is 2. The van der Waals surface area contributed by atoms with Gasteiger partial charge in [0.15, 0.2) is 0 Å². The Hall–Kier alpha value is -2.51. The molecule has 154 valence electrons. The number of alkyl halides is 2.